The van der Waals surface area contributed by atoms with Crippen molar-refractivity contribution in [2.75, 3.05) is 5.75 Å². The molecule has 2 N–H and O–H groups in total. The molecule has 1 aliphatic rings. The van der Waals surface area contributed by atoms with Gasteiger partial charge in [-0.3, -0.25) is 0 Å². The summed E-state index contributed by atoms with van der Waals surface area (Å²) in [5.41, 5.74) is 6.16. The first-order valence-electron chi connectivity index (χ1n) is 6.15. The van der Waals surface area contributed by atoms with E-state index in [0.29, 0.717) is 6.04 Å². The fourth-order valence-corrected chi connectivity index (χ4v) is 3.70. The third-order valence-corrected chi connectivity index (χ3v) is 4.80. The second-order valence-corrected chi connectivity index (χ2v) is 5.89. The predicted molar refractivity (Wildman–Crippen MR) is 66.8 cm³/mol. The van der Waals surface area contributed by atoms with Crippen LogP contribution in [0.4, 0.5) is 0 Å². The molecule has 3 atom stereocenters. The van der Waals surface area contributed by atoms with Gasteiger partial charge in [0, 0.05) is 11.3 Å². The number of hydrogen-bond donors (Lipinski definition) is 1. The van der Waals surface area contributed by atoms with Crippen molar-refractivity contribution in [2.45, 2.75) is 63.7 Å². The Labute approximate surface area is 93.2 Å². The predicted octanol–water partition coefficient (Wildman–Crippen LogP) is 3.43. The Kier molecular flexibility index (Phi) is 5.95. The number of rotatable bonds is 5. The SMILES string of the molecule is CCCSC1CC(CCC)CCC1N. The average molecular weight is 215 g/mol. The quantitative estimate of drug-likeness (QED) is 0.760. The van der Waals surface area contributed by atoms with Crippen LogP contribution < -0.4 is 5.73 Å². The summed E-state index contributed by atoms with van der Waals surface area (Å²) >= 11 is 2.11. The van der Waals surface area contributed by atoms with Crippen LogP contribution in [0.25, 0.3) is 0 Å². The molecule has 1 fully saturated rings. The minimum absolute atomic E-state index is 0.472. The van der Waals surface area contributed by atoms with Crippen LogP contribution in [-0.2, 0) is 0 Å². The van der Waals surface area contributed by atoms with Crippen LogP contribution in [0.1, 0.15) is 52.4 Å². The second-order valence-electron chi connectivity index (χ2n) is 4.54. The van der Waals surface area contributed by atoms with E-state index in [1.54, 1.807) is 0 Å². The summed E-state index contributed by atoms with van der Waals surface area (Å²) < 4.78 is 0. The van der Waals surface area contributed by atoms with Gasteiger partial charge in [0.05, 0.1) is 0 Å². The van der Waals surface area contributed by atoms with Gasteiger partial charge in [-0.1, -0.05) is 26.7 Å². The molecule has 2 heteroatoms. The summed E-state index contributed by atoms with van der Waals surface area (Å²) in [6.45, 7) is 4.55. The molecule has 0 spiro atoms. The molecule has 0 aromatic carbocycles. The Balaban J connectivity index is 2.30. The van der Waals surface area contributed by atoms with Crippen molar-refractivity contribution < 1.29 is 0 Å². The largest absolute Gasteiger partial charge is 0.327 e. The van der Waals surface area contributed by atoms with E-state index < -0.39 is 0 Å². The molecule has 3 unspecified atom stereocenters. The van der Waals surface area contributed by atoms with Crippen LogP contribution in [0, 0.1) is 5.92 Å². The number of nitrogens with two attached hydrogens (primary N) is 1. The molecular weight excluding hydrogens is 190 g/mol. The van der Waals surface area contributed by atoms with E-state index in [9.17, 15) is 0 Å². The van der Waals surface area contributed by atoms with E-state index in [-0.39, 0.29) is 0 Å². The van der Waals surface area contributed by atoms with E-state index in [1.165, 1.54) is 44.3 Å². The van der Waals surface area contributed by atoms with E-state index in [1.807, 2.05) is 0 Å². The zero-order valence-electron chi connectivity index (χ0n) is 9.67. The van der Waals surface area contributed by atoms with Gasteiger partial charge in [-0.25, -0.2) is 0 Å². The molecule has 0 saturated heterocycles. The van der Waals surface area contributed by atoms with E-state index in [2.05, 4.69) is 25.6 Å². The van der Waals surface area contributed by atoms with Crippen LogP contribution in [0.3, 0.4) is 0 Å². The van der Waals surface area contributed by atoms with Crippen molar-refractivity contribution in [3.63, 3.8) is 0 Å². The lowest BCUT2D eigenvalue weighted by Crippen LogP contribution is -2.38. The molecule has 84 valence electrons. The molecule has 1 saturated carbocycles. The zero-order valence-corrected chi connectivity index (χ0v) is 10.5. The lowest BCUT2D eigenvalue weighted by molar-refractivity contribution is 0.317. The Morgan fingerprint density at radius 2 is 2.00 bits per heavy atom. The Morgan fingerprint density at radius 3 is 2.64 bits per heavy atom. The third-order valence-electron chi connectivity index (χ3n) is 3.18. The van der Waals surface area contributed by atoms with Crippen molar-refractivity contribution in [3.8, 4) is 0 Å². The maximum Gasteiger partial charge on any atom is 0.0201 e. The summed E-state index contributed by atoms with van der Waals surface area (Å²) in [5, 5.41) is 0.750. The summed E-state index contributed by atoms with van der Waals surface area (Å²) in [4.78, 5) is 0. The van der Waals surface area contributed by atoms with Crippen LogP contribution in [0.5, 0.6) is 0 Å². The first kappa shape index (κ1) is 12.4. The summed E-state index contributed by atoms with van der Waals surface area (Å²) in [6.07, 6.45) is 8.04. The number of thioether (sulfide) groups is 1. The minimum Gasteiger partial charge on any atom is -0.327 e. The van der Waals surface area contributed by atoms with E-state index in [0.717, 1.165) is 11.2 Å². The molecular formula is C12H25NS. The van der Waals surface area contributed by atoms with Gasteiger partial charge in [0.25, 0.3) is 0 Å². The fourth-order valence-electron chi connectivity index (χ4n) is 2.37. The molecule has 0 aliphatic heterocycles. The third kappa shape index (κ3) is 3.82. The first-order valence-corrected chi connectivity index (χ1v) is 7.20. The molecule has 0 aromatic heterocycles. The lowest BCUT2D eigenvalue weighted by Gasteiger charge is -2.33. The van der Waals surface area contributed by atoms with E-state index >= 15 is 0 Å². The molecule has 1 aliphatic carbocycles. The fraction of sp³-hybridized carbons (Fsp3) is 1.00. The van der Waals surface area contributed by atoms with Gasteiger partial charge in [-0.2, -0.15) is 11.8 Å². The Bertz CT molecular complexity index is 149. The Hall–Kier alpha value is 0.310. The van der Waals surface area contributed by atoms with E-state index in [4.69, 9.17) is 5.73 Å². The highest BCUT2D eigenvalue weighted by Crippen LogP contribution is 2.34. The molecule has 0 radical (unpaired) electrons. The van der Waals surface area contributed by atoms with Gasteiger partial charge >= 0.3 is 0 Å². The zero-order chi connectivity index (χ0) is 10.4. The lowest BCUT2D eigenvalue weighted by atomic mass is 9.83. The summed E-state index contributed by atoms with van der Waals surface area (Å²) in [6, 6.07) is 0.472. The van der Waals surface area contributed by atoms with Crippen molar-refractivity contribution in [2.24, 2.45) is 11.7 Å². The van der Waals surface area contributed by atoms with Gasteiger partial charge in [0.2, 0.25) is 0 Å². The van der Waals surface area contributed by atoms with Gasteiger partial charge in [0.15, 0.2) is 0 Å². The highest BCUT2D eigenvalue weighted by Gasteiger charge is 2.27. The highest BCUT2D eigenvalue weighted by atomic mass is 32.2. The van der Waals surface area contributed by atoms with Gasteiger partial charge in [0.1, 0.15) is 0 Å². The van der Waals surface area contributed by atoms with Crippen molar-refractivity contribution >= 4 is 11.8 Å². The molecule has 0 heterocycles. The molecule has 0 aromatic rings. The summed E-state index contributed by atoms with van der Waals surface area (Å²) in [7, 11) is 0. The van der Waals surface area contributed by atoms with Crippen LogP contribution in [-0.4, -0.2) is 17.0 Å². The monoisotopic (exact) mass is 215 g/mol. The van der Waals surface area contributed by atoms with Crippen molar-refractivity contribution in [3.05, 3.63) is 0 Å². The van der Waals surface area contributed by atoms with Gasteiger partial charge in [-0.15, -0.1) is 0 Å². The van der Waals surface area contributed by atoms with Crippen molar-refractivity contribution in [1.29, 1.82) is 0 Å². The minimum atomic E-state index is 0.472. The molecule has 1 nitrogen and oxygen atoms in total. The average Bonchev–Trinajstić information content (AvgIpc) is 2.19. The topological polar surface area (TPSA) is 26.0 Å². The van der Waals surface area contributed by atoms with Crippen LogP contribution in [0.2, 0.25) is 0 Å². The Morgan fingerprint density at radius 1 is 1.21 bits per heavy atom. The smallest absolute Gasteiger partial charge is 0.0201 e. The highest BCUT2D eigenvalue weighted by molar-refractivity contribution is 7.99. The standard InChI is InChI=1S/C12H25NS/c1-3-5-10-6-7-11(13)12(9-10)14-8-4-2/h10-12H,3-9,13H2,1-2H3. The molecule has 0 amide bonds. The molecule has 14 heavy (non-hydrogen) atoms. The maximum atomic E-state index is 6.16. The first-order chi connectivity index (χ1) is 6.77. The van der Waals surface area contributed by atoms with Crippen LogP contribution in [0.15, 0.2) is 0 Å². The molecule has 0 bridgehead atoms. The number of hydrogen-bond acceptors (Lipinski definition) is 2. The van der Waals surface area contributed by atoms with Gasteiger partial charge in [-0.05, 0) is 37.4 Å². The summed E-state index contributed by atoms with van der Waals surface area (Å²) in [5.74, 6) is 2.26. The second kappa shape index (κ2) is 6.73. The molecule has 1 rings (SSSR count). The maximum absolute atomic E-state index is 6.16. The van der Waals surface area contributed by atoms with Crippen LogP contribution >= 0.6 is 11.8 Å². The van der Waals surface area contributed by atoms with Crippen molar-refractivity contribution in [1.82, 2.24) is 0 Å². The normalized spacial score (nSPS) is 33.2. The van der Waals surface area contributed by atoms with Gasteiger partial charge < -0.3 is 5.73 Å².